The van der Waals surface area contributed by atoms with Crippen LogP contribution in [0, 0.1) is 6.92 Å². The van der Waals surface area contributed by atoms with Crippen molar-refractivity contribution < 1.29 is 4.79 Å². The van der Waals surface area contributed by atoms with E-state index in [1.54, 1.807) is 6.20 Å². The maximum Gasteiger partial charge on any atom is 0.226 e. The lowest BCUT2D eigenvalue weighted by molar-refractivity contribution is -0.116. The van der Waals surface area contributed by atoms with Gasteiger partial charge in [0, 0.05) is 30.9 Å². The van der Waals surface area contributed by atoms with Crippen LogP contribution in [-0.4, -0.2) is 21.7 Å². The molecule has 2 aromatic rings. The SMILES string of the molecule is CCn1cc(N[C@H](C)CC(=O)Nc2ccc(C)cc2)cn1. The largest absolute Gasteiger partial charge is 0.380 e. The summed E-state index contributed by atoms with van der Waals surface area (Å²) < 4.78 is 1.85. The molecule has 0 saturated carbocycles. The minimum atomic E-state index is 0.00161. The average Bonchev–Trinajstić information content (AvgIpc) is 2.88. The molecule has 0 unspecified atom stereocenters. The molecule has 21 heavy (non-hydrogen) atoms. The Balaban J connectivity index is 1.82. The summed E-state index contributed by atoms with van der Waals surface area (Å²) in [4.78, 5) is 12.0. The minimum Gasteiger partial charge on any atom is -0.380 e. The van der Waals surface area contributed by atoms with Gasteiger partial charge in [0.15, 0.2) is 0 Å². The van der Waals surface area contributed by atoms with E-state index in [2.05, 4.69) is 15.7 Å². The van der Waals surface area contributed by atoms with Crippen LogP contribution in [-0.2, 0) is 11.3 Å². The van der Waals surface area contributed by atoms with E-state index >= 15 is 0 Å². The first-order valence-corrected chi connectivity index (χ1v) is 7.22. The Morgan fingerprint density at radius 2 is 2.00 bits per heavy atom. The number of nitrogens with one attached hydrogen (secondary N) is 2. The lowest BCUT2D eigenvalue weighted by Crippen LogP contribution is -2.23. The molecule has 2 N–H and O–H groups in total. The van der Waals surface area contributed by atoms with E-state index in [9.17, 15) is 4.79 Å². The van der Waals surface area contributed by atoms with Crippen molar-refractivity contribution >= 4 is 17.3 Å². The number of benzene rings is 1. The van der Waals surface area contributed by atoms with Crippen molar-refractivity contribution in [2.75, 3.05) is 10.6 Å². The van der Waals surface area contributed by atoms with Gasteiger partial charge in [-0.15, -0.1) is 0 Å². The standard InChI is InChI=1S/C16H22N4O/c1-4-20-11-15(10-17-20)18-13(3)9-16(21)19-14-7-5-12(2)6-8-14/h5-8,10-11,13,18H,4,9H2,1-3H3,(H,19,21)/t13-/m1/s1. The van der Waals surface area contributed by atoms with Crippen LogP contribution in [0.2, 0.25) is 0 Å². The Hall–Kier alpha value is -2.30. The van der Waals surface area contributed by atoms with E-state index in [-0.39, 0.29) is 11.9 Å². The molecule has 0 aliphatic heterocycles. The van der Waals surface area contributed by atoms with E-state index in [0.29, 0.717) is 6.42 Å². The highest BCUT2D eigenvalue weighted by Crippen LogP contribution is 2.11. The van der Waals surface area contributed by atoms with Gasteiger partial charge in [-0.1, -0.05) is 17.7 Å². The zero-order valence-corrected chi connectivity index (χ0v) is 12.8. The topological polar surface area (TPSA) is 59.0 Å². The van der Waals surface area contributed by atoms with Crippen LogP contribution < -0.4 is 10.6 Å². The van der Waals surface area contributed by atoms with E-state index in [1.165, 1.54) is 5.56 Å². The summed E-state index contributed by atoms with van der Waals surface area (Å²) >= 11 is 0. The number of hydrogen-bond donors (Lipinski definition) is 2. The van der Waals surface area contributed by atoms with Crippen LogP contribution in [0.4, 0.5) is 11.4 Å². The maximum atomic E-state index is 12.0. The summed E-state index contributed by atoms with van der Waals surface area (Å²) in [5, 5.41) is 10.4. The van der Waals surface area contributed by atoms with Crippen LogP contribution in [0.25, 0.3) is 0 Å². The first-order valence-electron chi connectivity index (χ1n) is 7.22. The van der Waals surface area contributed by atoms with Crippen molar-refractivity contribution in [1.29, 1.82) is 0 Å². The Bertz CT molecular complexity index is 589. The maximum absolute atomic E-state index is 12.0. The summed E-state index contributed by atoms with van der Waals surface area (Å²) in [5.74, 6) is 0.00161. The summed E-state index contributed by atoms with van der Waals surface area (Å²) in [5.41, 5.74) is 2.94. The van der Waals surface area contributed by atoms with Crippen molar-refractivity contribution in [3.63, 3.8) is 0 Å². The van der Waals surface area contributed by atoms with Gasteiger partial charge in [0.1, 0.15) is 0 Å². The Kier molecular flexibility index (Phi) is 4.98. The quantitative estimate of drug-likeness (QED) is 0.858. The molecule has 0 bridgehead atoms. The van der Waals surface area contributed by atoms with Crippen molar-refractivity contribution in [3.8, 4) is 0 Å². The van der Waals surface area contributed by atoms with E-state index in [0.717, 1.165) is 17.9 Å². The molecule has 1 heterocycles. The normalized spacial score (nSPS) is 12.0. The molecule has 5 heteroatoms. The number of carbonyl (C=O) groups is 1. The molecule has 1 aromatic carbocycles. The average molecular weight is 286 g/mol. The molecule has 112 valence electrons. The second kappa shape index (κ2) is 6.92. The number of hydrogen-bond acceptors (Lipinski definition) is 3. The monoisotopic (exact) mass is 286 g/mol. The minimum absolute atomic E-state index is 0.00161. The summed E-state index contributed by atoms with van der Waals surface area (Å²) in [6, 6.07) is 7.84. The zero-order valence-electron chi connectivity index (χ0n) is 12.8. The first kappa shape index (κ1) is 15.1. The fourth-order valence-corrected chi connectivity index (χ4v) is 2.07. The summed E-state index contributed by atoms with van der Waals surface area (Å²) in [6.07, 6.45) is 4.12. The number of aromatic nitrogens is 2. The van der Waals surface area contributed by atoms with Crippen LogP contribution in [0.15, 0.2) is 36.7 Å². The Labute approximate surface area is 125 Å². The van der Waals surface area contributed by atoms with E-state index in [1.807, 2.05) is 55.9 Å². The van der Waals surface area contributed by atoms with E-state index < -0.39 is 0 Å². The van der Waals surface area contributed by atoms with Gasteiger partial charge < -0.3 is 10.6 Å². The lowest BCUT2D eigenvalue weighted by Gasteiger charge is -2.13. The lowest BCUT2D eigenvalue weighted by atomic mass is 10.2. The van der Waals surface area contributed by atoms with Crippen LogP contribution in [0.3, 0.4) is 0 Å². The van der Waals surface area contributed by atoms with Crippen LogP contribution in [0.5, 0.6) is 0 Å². The number of anilines is 2. The molecular formula is C16H22N4O. The molecule has 0 aliphatic rings. The Morgan fingerprint density at radius 1 is 1.29 bits per heavy atom. The highest BCUT2D eigenvalue weighted by Gasteiger charge is 2.10. The third-order valence-corrected chi connectivity index (χ3v) is 3.20. The molecule has 1 atom stereocenters. The zero-order chi connectivity index (χ0) is 15.2. The fourth-order valence-electron chi connectivity index (χ4n) is 2.07. The predicted molar refractivity (Wildman–Crippen MR) is 85.4 cm³/mol. The number of nitrogens with zero attached hydrogens (tertiary/aromatic N) is 2. The van der Waals surface area contributed by atoms with Crippen molar-refractivity contribution in [1.82, 2.24) is 9.78 Å². The van der Waals surface area contributed by atoms with Gasteiger partial charge in [-0.05, 0) is 32.9 Å². The fraction of sp³-hybridized carbons (Fsp3) is 0.375. The number of carbonyl (C=O) groups excluding carboxylic acids is 1. The van der Waals surface area contributed by atoms with Crippen molar-refractivity contribution in [2.45, 2.75) is 39.8 Å². The van der Waals surface area contributed by atoms with Crippen molar-refractivity contribution in [2.24, 2.45) is 0 Å². The first-order chi connectivity index (χ1) is 10.1. The molecule has 1 aromatic heterocycles. The number of amides is 1. The molecule has 0 fully saturated rings. The van der Waals surface area contributed by atoms with Gasteiger partial charge in [0.2, 0.25) is 5.91 Å². The molecular weight excluding hydrogens is 264 g/mol. The molecule has 0 spiro atoms. The predicted octanol–water partition coefficient (Wildman–Crippen LogP) is 3.04. The Morgan fingerprint density at radius 3 is 2.62 bits per heavy atom. The van der Waals surface area contributed by atoms with Gasteiger partial charge in [-0.2, -0.15) is 5.10 Å². The third-order valence-electron chi connectivity index (χ3n) is 3.20. The molecule has 0 radical (unpaired) electrons. The summed E-state index contributed by atoms with van der Waals surface area (Å²) in [6.45, 7) is 6.88. The smallest absolute Gasteiger partial charge is 0.226 e. The molecule has 2 rings (SSSR count). The van der Waals surface area contributed by atoms with Crippen LogP contribution >= 0.6 is 0 Å². The number of aryl methyl sites for hydroxylation is 2. The highest BCUT2D eigenvalue weighted by atomic mass is 16.1. The van der Waals surface area contributed by atoms with Gasteiger partial charge in [0.25, 0.3) is 0 Å². The second-order valence-electron chi connectivity index (χ2n) is 5.25. The molecule has 5 nitrogen and oxygen atoms in total. The highest BCUT2D eigenvalue weighted by molar-refractivity contribution is 5.91. The number of rotatable bonds is 6. The second-order valence-corrected chi connectivity index (χ2v) is 5.25. The van der Waals surface area contributed by atoms with Crippen LogP contribution in [0.1, 0.15) is 25.8 Å². The third kappa shape index (κ3) is 4.63. The molecule has 0 saturated heterocycles. The molecule has 0 aliphatic carbocycles. The van der Waals surface area contributed by atoms with Gasteiger partial charge in [-0.3, -0.25) is 9.48 Å². The van der Waals surface area contributed by atoms with Crippen molar-refractivity contribution in [3.05, 3.63) is 42.2 Å². The summed E-state index contributed by atoms with van der Waals surface area (Å²) in [7, 11) is 0. The van der Waals surface area contributed by atoms with Gasteiger partial charge >= 0.3 is 0 Å². The van der Waals surface area contributed by atoms with E-state index in [4.69, 9.17) is 0 Å². The van der Waals surface area contributed by atoms with Gasteiger partial charge in [-0.25, -0.2) is 0 Å². The van der Waals surface area contributed by atoms with Gasteiger partial charge in [0.05, 0.1) is 11.9 Å². The molecule has 1 amide bonds.